The minimum Gasteiger partial charge on any atom is -0.460 e. The lowest BCUT2D eigenvalue weighted by atomic mass is 10.1. The van der Waals surface area contributed by atoms with E-state index in [0.717, 1.165) is 16.0 Å². The van der Waals surface area contributed by atoms with Crippen LogP contribution in [0.4, 0.5) is 0 Å². The summed E-state index contributed by atoms with van der Waals surface area (Å²) in [5.74, 6) is -0.769. The van der Waals surface area contributed by atoms with Crippen molar-refractivity contribution in [1.29, 1.82) is 0 Å². The van der Waals surface area contributed by atoms with E-state index >= 15 is 0 Å². The lowest BCUT2D eigenvalue weighted by molar-refractivity contribution is -0.134. The zero-order valence-corrected chi connectivity index (χ0v) is 19.6. The number of carbonyl (C=O) groups excluding carboxylic acids is 3. The second kappa shape index (κ2) is 9.14. The van der Waals surface area contributed by atoms with Gasteiger partial charge in [-0.25, -0.2) is 0 Å². The van der Waals surface area contributed by atoms with Gasteiger partial charge in [-0.15, -0.1) is 0 Å². The number of carbonyl (C=O) groups is 3. The van der Waals surface area contributed by atoms with Crippen LogP contribution in [0.5, 0.6) is 17.2 Å². The molecule has 3 aromatic carbocycles. The summed E-state index contributed by atoms with van der Waals surface area (Å²) in [5, 5.41) is 0.266. The molecule has 0 unspecified atom stereocenters. The van der Waals surface area contributed by atoms with Crippen molar-refractivity contribution in [2.45, 2.75) is 20.3 Å². The fraction of sp³-hybridized carbons (Fsp3) is 0.143. The van der Waals surface area contributed by atoms with Crippen molar-refractivity contribution >= 4 is 28.8 Å². The van der Waals surface area contributed by atoms with Gasteiger partial charge in [0.2, 0.25) is 11.2 Å². The second-order valence-electron chi connectivity index (χ2n) is 8.54. The van der Waals surface area contributed by atoms with Crippen LogP contribution >= 0.6 is 0 Å². The summed E-state index contributed by atoms with van der Waals surface area (Å²) >= 11 is 0. The molecule has 0 aliphatic carbocycles. The summed E-state index contributed by atoms with van der Waals surface area (Å²) in [4.78, 5) is 51.2. The molecule has 0 radical (unpaired) electrons. The number of benzene rings is 3. The van der Waals surface area contributed by atoms with E-state index in [0.29, 0.717) is 16.9 Å². The normalized spacial score (nSPS) is 12.7. The number of aryl methyl sites for hydroxylation is 2. The average Bonchev–Trinajstić information content (AvgIpc) is 3.08. The third-order valence-electron chi connectivity index (χ3n) is 5.79. The minimum atomic E-state index is -0.636. The highest BCUT2D eigenvalue weighted by molar-refractivity contribution is 6.21. The highest BCUT2D eigenvalue weighted by Gasteiger charge is 2.35. The Hall–Kier alpha value is -4.72. The molecule has 2 heterocycles. The van der Waals surface area contributed by atoms with Crippen molar-refractivity contribution in [3.05, 3.63) is 99.4 Å². The second-order valence-corrected chi connectivity index (χ2v) is 8.54. The van der Waals surface area contributed by atoms with Crippen LogP contribution in [-0.2, 0) is 4.79 Å². The molecule has 2 amide bonds. The lowest BCUT2D eigenvalue weighted by Gasteiger charge is -2.13. The van der Waals surface area contributed by atoms with E-state index in [1.54, 1.807) is 24.3 Å². The largest absolute Gasteiger partial charge is 0.460 e. The molecule has 0 N–H and O–H groups in total. The fourth-order valence-corrected chi connectivity index (χ4v) is 4.17. The van der Waals surface area contributed by atoms with E-state index in [1.165, 1.54) is 24.5 Å². The highest BCUT2D eigenvalue weighted by atomic mass is 16.5. The first-order valence-electron chi connectivity index (χ1n) is 11.3. The summed E-state index contributed by atoms with van der Waals surface area (Å²) in [6.07, 6.45) is 1.03. The monoisotopic (exact) mass is 483 g/mol. The number of nitrogens with zero attached hydrogens (tertiary/aromatic N) is 1. The summed E-state index contributed by atoms with van der Waals surface area (Å²) < 4.78 is 16.7. The van der Waals surface area contributed by atoms with Gasteiger partial charge in [-0.05, 0) is 61.4 Å². The number of imide groups is 1. The van der Waals surface area contributed by atoms with Gasteiger partial charge in [-0.2, -0.15) is 0 Å². The topological polar surface area (TPSA) is 103 Å². The molecule has 0 fully saturated rings. The van der Waals surface area contributed by atoms with Crippen molar-refractivity contribution in [2.24, 2.45) is 0 Å². The molecule has 8 heteroatoms. The quantitative estimate of drug-likeness (QED) is 0.221. The number of hydrogen-bond donors (Lipinski definition) is 0. The van der Waals surface area contributed by atoms with Gasteiger partial charge in [-0.3, -0.25) is 24.1 Å². The van der Waals surface area contributed by atoms with Crippen LogP contribution in [0.25, 0.3) is 11.0 Å². The van der Waals surface area contributed by atoms with Gasteiger partial charge in [0.25, 0.3) is 11.8 Å². The standard InChI is InChI=1S/C28H21NO7/c1-16-11-17(2)13-19(12-16)35-24-15-34-23-14-18(7-8-22(23)26(24)31)36-25(30)9-10-29-27(32)20-5-3-4-6-21(20)28(29)33/h3-8,11-15H,9-10H2,1-2H3. The summed E-state index contributed by atoms with van der Waals surface area (Å²) in [7, 11) is 0. The van der Waals surface area contributed by atoms with Crippen molar-refractivity contribution < 1.29 is 28.3 Å². The minimum absolute atomic E-state index is 0.0400. The van der Waals surface area contributed by atoms with Crippen LogP contribution in [0.3, 0.4) is 0 Å². The molecule has 8 nitrogen and oxygen atoms in total. The summed E-state index contributed by atoms with van der Waals surface area (Å²) in [6.45, 7) is 3.77. The summed E-state index contributed by atoms with van der Waals surface area (Å²) in [5.41, 5.74) is 2.51. The number of ether oxygens (including phenoxy) is 2. The molecule has 0 spiro atoms. The number of esters is 1. The number of fused-ring (bicyclic) bond motifs is 2. The molecular formula is C28H21NO7. The van der Waals surface area contributed by atoms with Crippen LogP contribution < -0.4 is 14.9 Å². The van der Waals surface area contributed by atoms with Crippen molar-refractivity contribution in [1.82, 2.24) is 4.90 Å². The first-order valence-corrected chi connectivity index (χ1v) is 11.3. The van der Waals surface area contributed by atoms with Gasteiger partial charge in [0, 0.05) is 12.6 Å². The Morgan fingerprint density at radius 3 is 2.19 bits per heavy atom. The van der Waals surface area contributed by atoms with E-state index in [4.69, 9.17) is 13.9 Å². The molecule has 36 heavy (non-hydrogen) atoms. The molecule has 5 rings (SSSR count). The number of amides is 2. The predicted molar refractivity (Wildman–Crippen MR) is 131 cm³/mol. The molecule has 0 saturated carbocycles. The van der Waals surface area contributed by atoms with E-state index in [2.05, 4.69) is 0 Å². The van der Waals surface area contributed by atoms with Gasteiger partial charge in [0.1, 0.15) is 23.3 Å². The Bertz CT molecular complexity index is 1550. The van der Waals surface area contributed by atoms with Crippen molar-refractivity contribution in [2.75, 3.05) is 6.54 Å². The zero-order valence-electron chi connectivity index (χ0n) is 19.6. The van der Waals surface area contributed by atoms with Gasteiger partial charge < -0.3 is 13.9 Å². The smallest absolute Gasteiger partial charge is 0.313 e. The van der Waals surface area contributed by atoms with Crippen molar-refractivity contribution in [3.63, 3.8) is 0 Å². The highest BCUT2D eigenvalue weighted by Crippen LogP contribution is 2.26. The van der Waals surface area contributed by atoms with E-state index in [1.807, 2.05) is 32.0 Å². The van der Waals surface area contributed by atoms with Crippen molar-refractivity contribution in [3.8, 4) is 17.2 Å². The molecule has 180 valence electrons. The lowest BCUT2D eigenvalue weighted by Crippen LogP contribution is -2.32. The van der Waals surface area contributed by atoms with Crippen LogP contribution in [-0.4, -0.2) is 29.2 Å². The van der Waals surface area contributed by atoms with Crippen LogP contribution in [0, 0.1) is 13.8 Å². The predicted octanol–water partition coefficient (Wildman–Crippen LogP) is 4.79. The van der Waals surface area contributed by atoms with E-state index in [-0.39, 0.29) is 40.9 Å². The maximum Gasteiger partial charge on any atom is 0.313 e. The Morgan fingerprint density at radius 1 is 0.861 bits per heavy atom. The molecular weight excluding hydrogens is 462 g/mol. The molecule has 0 bridgehead atoms. The van der Waals surface area contributed by atoms with Crippen LogP contribution in [0.1, 0.15) is 38.3 Å². The molecule has 1 aliphatic rings. The Balaban J connectivity index is 1.26. The first kappa shape index (κ1) is 23.0. The number of rotatable bonds is 6. The van der Waals surface area contributed by atoms with Gasteiger partial charge >= 0.3 is 5.97 Å². The van der Waals surface area contributed by atoms with Crippen LogP contribution in [0.2, 0.25) is 0 Å². The molecule has 0 saturated heterocycles. The van der Waals surface area contributed by atoms with Crippen LogP contribution in [0.15, 0.2) is 76.1 Å². The molecule has 1 aromatic heterocycles. The molecule has 1 aliphatic heterocycles. The van der Waals surface area contributed by atoms with Gasteiger partial charge in [0.05, 0.1) is 22.9 Å². The first-order chi connectivity index (χ1) is 17.3. The van der Waals surface area contributed by atoms with Gasteiger partial charge in [-0.1, -0.05) is 18.2 Å². The third kappa shape index (κ3) is 4.36. The van der Waals surface area contributed by atoms with E-state index in [9.17, 15) is 19.2 Å². The average molecular weight is 483 g/mol. The van der Waals surface area contributed by atoms with E-state index < -0.39 is 17.8 Å². The Labute approximate surface area is 205 Å². The SMILES string of the molecule is Cc1cc(C)cc(Oc2coc3cc(OC(=O)CCN4C(=O)c5ccccc5C4=O)ccc3c2=O)c1. The zero-order chi connectivity index (χ0) is 25.4. The fourth-order valence-electron chi connectivity index (χ4n) is 4.17. The summed E-state index contributed by atoms with van der Waals surface area (Å²) in [6, 6.07) is 16.5. The maximum absolute atomic E-state index is 12.9. The maximum atomic E-state index is 12.9. The molecule has 4 aromatic rings. The van der Waals surface area contributed by atoms with Gasteiger partial charge in [0.15, 0.2) is 0 Å². The third-order valence-corrected chi connectivity index (χ3v) is 5.79. The number of hydrogen-bond acceptors (Lipinski definition) is 7. The molecule has 0 atom stereocenters. The Kier molecular flexibility index (Phi) is 5.85. The Morgan fingerprint density at radius 2 is 1.53 bits per heavy atom.